The van der Waals surface area contributed by atoms with Gasteiger partial charge >= 0.3 is 11.8 Å². The second kappa shape index (κ2) is 7.77. The molecule has 0 heterocycles. The number of nitrogens with zero attached hydrogens (tertiary/aromatic N) is 1. The number of hydrazone groups is 1. The third-order valence-corrected chi connectivity index (χ3v) is 3.10. The molecule has 3 N–H and O–H groups in total. The fourth-order valence-electron chi connectivity index (χ4n) is 1.93. The highest BCUT2D eigenvalue weighted by atomic mass is 16.5. The molecule has 2 rings (SSSR count). The van der Waals surface area contributed by atoms with Crippen LogP contribution < -0.4 is 15.5 Å². The summed E-state index contributed by atoms with van der Waals surface area (Å²) in [5.41, 5.74) is 3.91. The van der Waals surface area contributed by atoms with Gasteiger partial charge in [0.15, 0.2) is 11.5 Å². The number of anilines is 1. The van der Waals surface area contributed by atoms with Crippen LogP contribution in [0.2, 0.25) is 0 Å². The van der Waals surface area contributed by atoms with Gasteiger partial charge in [0.05, 0.1) is 13.3 Å². The molecule has 0 aliphatic rings. The number of ether oxygens (including phenoxy) is 1. The summed E-state index contributed by atoms with van der Waals surface area (Å²) in [6, 6.07) is 11.9. The zero-order valence-corrected chi connectivity index (χ0v) is 13.2. The fraction of sp³-hybridized carbons (Fsp3) is 0.118. The number of methoxy groups -OCH3 is 1. The van der Waals surface area contributed by atoms with Gasteiger partial charge in [-0.25, -0.2) is 5.43 Å². The molecule has 0 unspecified atom stereocenters. The number of hydrogen-bond donors (Lipinski definition) is 3. The Kier molecular flexibility index (Phi) is 5.51. The first kappa shape index (κ1) is 17.0. The van der Waals surface area contributed by atoms with Crippen molar-refractivity contribution in [2.75, 3.05) is 12.4 Å². The van der Waals surface area contributed by atoms with Gasteiger partial charge in [-0.1, -0.05) is 18.2 Å². The summed E-state index contributed by atoms with van der Waals surface area (Å²) in [5.74, 6) is -1.59. The number of rotatable bonds is 4. The van der Waals surface area contributed by atoms with E-state index in [9.17, 15) is 14.7 Å². The molecule has 2 aromatic rings. The number of para-hydroxylation sites is 1. The van der Waals surface area contributed by atoms with E-state index in [0.29, 0.717) is 11.3 Å². The van der Waals surface area contributed by atoms with Crippen molar-refractivity contribution in [3.63, 3.8) is 0 Å². The van der Waals surface area contributed by atoms with Crippen molar-refractivity contribution >= 4 is 23.7 Å². The summed E-state index contributed by atoms with van der Waals surface area (Å²) in [6.07, 6.45) is 1.22. The van der Waals surface area contributed by atoms with E-state index in [1.54, 1.807) is 36.4 Å². The molecule has 0 saturated carbocycles. The van der Waals surface area contributed by atoms with Gasteiger partial charge in [-0.2, -0.15) is 5.10 Å². The van der Waals surface area contributed by atoms with Crippen LogP contribution >= 0.6 is 0 Å². The number of carbonyl (C=O) groups excluding carboxylic acids is 2. The van der Waals surface area contributed by atoms with Crippen LogP contribution in [0.5, 0.6) is 11.5 Å². The Morgan fingerprint density at radius 1 is 1.17 bits per heavy atom. The molecule has 0 radical (unpaired) electrons. The van der Waals surface area contributed by atoms with Gasteiger partial charge in [-0.3, -0.25) is 9.59 Å². The summed E-state index contributed by atoms with van der Waals surface area (Å²) in [5, 5.41) is 16.0. The highest BCUT2D eigenvalue weighted by Gasteiger charge is 2.13. The molecule has 2 aromatic carbocycles. The van der Waals surface area contributed by atoms with Crippen LogP contribution in [0.25, 0.3) is 0 Å². The highest BCUT2D eigenvalue weighted by Crippen LogP contribution is 2.27. The van der Waals surface area contributed by atoms with Crippen molar-refractivity contribution in [1.82, 2.24) is 5.43 Å². The summed E-state index contributed by atoms with van der Waals surface area (Å²) < 4.78 is 4.96. The zero-order chi connectivity index (χ0) is 17.5. The van der Waals surface area contributed by atoms with Crippen molar-refractivity contribution in [3.8, 4) is 11.5 Å². The van der Waals surface area contributed by atoms with Crippen LogP contribution in [0, 0.1) is 6.92 Å². The van der Waals surface area contributed by atoms with Crippen molar-refractivity contribution in [3.05, 3.63) is 53.6 Å². The Hall–Kier alpha value is -3.35. The lowest BCUT2D eigenvalue weighted by Crippen LogP contribution is -2.32. The van der Waals surface area contributed by atoms with E-state index < -0.39 is 11.8 Å². The van der Waals surface area contributed by atoms with Crippen LogP contribution in [0.4, 0.5) is 5.69 Å². The van der Waals surface area contributed by atoms with Crippen molar-refractivity contribution in [1.29, 1.82) is 0 Å². The van der Waals surface area contributed by atoms with E-state index in [2.05, 4.69) is 15.8 Å². The van der Waals surface area contributed by atoms with E-state index in [0.717, 1.165) is 5.56 Å². The molecule has 0 bridgehead atoms. The average Bonchev–Trinajstić information content (AvgIpc) is 2.56. The molecule has 0 aromatic heterocycles. The van der Waals surface area contributed by atoms with E-state index in [-0.39, 0.29) is 11.5 Å². The Balaban J connectivity index is 1.96. The molecule has 7 heteroatoms. The Labute approximate surface area is 139 Å². The molecule has 24 heavy (non-hydrogen) atoms. The zero-order valence-electron chi connectivity index (χ0n) is 13.2. The normalized spacial score (nSPS) is 10.4. The lowest BCUT2D eigenvalue weighted by atomic mass is 10.2. The smallest absolute Gasteiger partial charge is 0.329 e. The Morgan fingerprint density at radius 2 is 1.92 bits per heavy atom. The molecule has 0 aliphatic heterocycles. The molecule has 0 fully saturated rings. The molecule has 0 aliphatic carbocycles. The largest absolute Gasteiger partial charge is 0.504 e. The minimum atomic E-state index is -0.921. The standard InChI is InChI=1S/C17H17N3O4/c1-11-5-3-7-13(9-11)19-16(22)17(23)20-18-10-12-6-4-8-14(24-2)15(12)21/h3-10,21H,1-2H3,(H,19,22)(H,20,23)/b18-10+. The number of phenolic OH excluding ortho intramolecular Hbond substituents is 1. The number of carbonyl (C=O) groups is 2. The van der Waals surface area contributed by atoms with Gasteiger partial charge in [0.25, 0.3) is 0 Å². The van der Waals surface area contributed by atoms with Crippen LogP contribution in [-0.2, 0) is 9.59 Å². The van der Waals surface area contributed by atoms with Crippen LogP contribution in [-0.4, -0.2) is 30.2 Å². The summed E-state index contributed by atoms with van der Waals surface area (Å²) in [6.45, 7) is 1.88. The lowest BCUT2D eigenvalue weighted by Gasteiger charge is -2.05. The molecule has 0 saturated heterocycles. The minimum absolute atomic E-state index is 0.109. The highest BCUT2D eigenvalue weighted by molar-refractivity contribution is 6.39. The first-order valence-electron chi connectivity index (χ1n) is 7.08. The molecule has 0 spiro atoms. The number of aromatic hydroxyl groups is 1. The van der Waals surface area contributed by atoms with Crippen molar-refractivity contribution < 1.29 is 19.4 Å². The lowest BCUT2D eigenvalue weighted by molar-refractivity contribution is -0.136. The maximum Gasteiger partial charge on any atom is 0.329 e. The molecule has 2 amide bonds. The molecular weight excluding hydrogens is 310 g/mol. The van der Waals surface area contributed by atoms with Gasteiger partial charge in [0.1, 0.15) is 0 Å². The molecule has 7 nitrogen and oxygen atoms in total. The fourth-order valence-corrected chi connectivity index (χ4v) is 1.93. The second-order valence-electron chi connectivity index (χ2n) is 4.92. The predicted molar refractivity (Wildman–Crippen MR) is 90.2 cm³/mol. The summed E-state index contributed by atoms with van der Waals surface area (Å²) in [4.78, 5) is 23.5. The third-order valence-electron chi connectivity index (χ3n) is 3.10. The first-order valence-corrected chi connectivity index (χ1v) is 7.08. The average molecular weight is 327 g/mol. The van der Waals surface area contributed by atoms with Gasteiger partial charge in [0, 0.05) is 11.3 Å². The van der Waals surface area contributed by atoms with E-state index in [4.69, 9.17) is 4.74 Å². The second-order valence-corrected chi connectivity index (χ2v) is 4.92. The predicted octanol–water partition coefficient (Wildman–Crippen LogP) is 1.80. The number of aryl methyl sites for hydroxylation is 1. The molecular formula is C17H17N3O4. The number of nitrogens with one attached hydrogen (secondary N) is 2. The maximum absolute atomic E-state index is 11.8. The maximum atomic E-state index is 11.8. The Morgan fingerprint density at radius 3 is 2.62 bits per heavy atom. The van der Waals surface area contributed by atoms with E-state index in [1.165, 1.54) is 13.3 Å². The number of phenols is 1. The monoisotopic (exact) mass is 327 g/mol. The quantitative estimate of drug-likeness (QED) is 0.453. The topological polar surface area (TPSA) is 100 Å². The van der Waals surface area contributed by atoms with Crippen molar-refractivity contribution in [2.45, 2.75) is 6.92 Å². The van der Waals surface area contributed by atoms with Gasteiger partial charge in [-0.15, -0.1) is 0 Å². The van der Waals surface area contributed by atoms with E-state index in [1.807, 2.05) is 13.0 Å². The third kappa shape index (κ3) is 4.33. The minimum Gasteiger partial charge on any atom is -0.504 e. The SMILES string of the molecule is COc1cccc(/C=N/NC(=O)C(=O)Nc2cccc(C)c2)c1O. The summed E-state index contributed by atoms with van der Waals surface area (Å²) in [7, 11) is 1.42. The van der Waals surface area contributed by atoms with Crippen LogP contribution in [0.3, 0.4) is 0 Å². The van der Waals surface area contributed by atoms with Crippen molar-refractivity contribution in [2.24, 2.45) is 5.10 Å². The number of benzene rings is 2. The molecule has 124 valence electrons. The van der Waals surface area contributed by atoms with E-state index >= 15 is 0 Å². The molecule has 0 atom stereocenters. The first-order chi connectivity index (χ1) is 11.5. The van der Waals surface area contributed by atoms with Gasteiger partial charge < -0.3 is 15.2 Å². The van der Waals surface area contributed by atoms with Crippen LogP contribution in [0.15, 0.2) is 47.6 Å². The van der Waals surface area contributed by atoms with Gasteiger partial charge in [-0.05, 0) is 36.8 Å². The Bertz CT molecular complexity index is 787. The van der Waals surface area contributed by atoms with Crippen LogP contribution in [0.1, 0.15) is 11.1 Å². The van der Waals surface area contributed by atoms with Gasteiger partial charge in [0.2, 0.25) is 0 Å². The summed E-state index contributed by atoms with van der Waals surface area (Å²) >= 11 is 0. The number of amides is 2. The number of hydrogen-bond acceptors (Lipinski definition) is 5.